The molecule has 2 aromatic rings. The molecule has 0 aromatic heterocycles. The molecule has 0 aliphatic carbocycles. The molecular formula is C21H29N3O5. The number of ether oxygens (including phenoxy) is 5. The smallest absolute Gasteiger partial charge is 0.203 e. The first-order valence-corrected chi connectivity index (χ1v) is 9.10. The molecular weight excluding hydrogens is 374 g/mol. The zero-order valence-electron chi connectivity index (χ0n) is 17.6. The summed E-state index contributed by atoms with van der Waals surface area (Å²) in [5, 5.41) is 3.11. The Morgan fingerprint density at radius 3 is 2.10 bits per heavy atom. The molecule has 0 fully saturated rings. The maximum absolute atomic E-state index is 5.99. The van der Waals surface area contributed by atoms with Crippen LogP contribution >= 0.6 is 0 Å². The van der Waals surface area contributed by atoms with Crippen LogP contribution in [-0.4, -0.2) is 48.1 Å². The van der Waals surface area contributed by atoms with Gasteiger partial charge in [-0.3, -0.25) is 0 Å². The Morgan fingerprint density at radius 2 is 1.48 bits per heavy atom. The van der Waals surface area contributed by atoms with Crippen LogP contribution in [0.3, 0.4) is 0 Å². The number of methoxy groups -OCH3 is 5. The van der Waals surface area contributed by atoms with Gasteiger partial charge < -0.3 is 34.7 Å². The Bertz CT molecular complexity index is 839. The van der Waals surface area contributed by atoms with Gasteiger partial charge in [0, 0.05) is 12.1 Å². The maximum atomic E-state index is 5.99. The Labute approximate surface area is 171 Å². The highest BCUT2D eigenvalue weighted by molar-refractivity contribution is 5.77. The van der Waals surface area contributed by atoms with Gasteiger partial charge in [0.1, 0.15) is 0 Å². The summed E-state index contributed by atoms with van der Waals surface area (Å²) in [7, 11) is 7.98. The second-order valence-electron chi connectivity index (χ2n) is 6.06. The lowest BCUT2D eigenvalue weighted by Gasteiger charge is -2.16. The summed E-state index contributed by atoms with van der Waals surface area (Å²) in [6, 6.07) is 9.44. The van der Waals surface area contributed by atoms with Crippen molar-refractivity contribution in [2.45, 2.75) is 13.0 Å². The first-order valence-electron chi connectivity index (χ1n) is 9.10. The molecule has 3 N–H and O–H groups in total. The Balaban J connectivity index is 1.97. The van der Waals surface area contributed by atoms with Crippen molar-refractivity contribution >= 4 is 5.96 Å². The predicted octanol–water partition coefficient (Wildman–Crippen LogP) is 2.38. The maximum Gasteiger partial charge on any atom is 0.203 e. The van der Waals surface area contributed by atoms with Crippen molar-refractivity contribution in [1.29, 1.82) is 0 Å². The van der Waals surface area contributed by atoms with Gasteiger partial charge in [-0.1, -0.05) is 12.1 Å². The van der Waals surface area contributed by atoms with E-state index in [4.69, 9.17) is 29.4 Å². The first kappa shape index (κ1) is 22.0. The average molecular weight is 403 g/mol. The average Bonchev–Trinajstić information content (AvgIpc) is 2.76. The third-order valence-corrected chi connectivity index (χ3v) is 4.37. The van der Waals surface area contributed by atoms with Gasteiger partial charge in [-0.25, -0.2) is 4.99 Å². The number of aliphatic imine (C=N–C) groups is 1. The predicted molar refractivity (Wildman–Crippen MR) is 113 cm³/mol. The molecule has 0 unspecified atom stereocenters. The third-order valence-electron chi connectivity index (χ3n) is 4.37. The molecule has 0 spiro atoms. The van der Waals surface area contributed by atoms with E-state index < -0.39 is 0 Å². The van der Waals surface area contributed by atoms with Gasteiger partial charge in [-0.15, -0.1) is 0 Å². The van der Waals surface area contributed by atoms with Crippen LogP contribution in [-0.2, 0) is 13.0 Å². The number of benzene rings is 2. The standard InChI is InChI=1S/C21H29N3O5/c1-25-16-8-6-14(12-18(16)27-3)13-24-21(22)23-11-10-15-7-9-17(26-2)20(29-5)19(15)28-4/h6-9,12H,10-11,13H2,1-5H3,(H3,22,23,24). The van der Waals surface area contributed by atoms with Crippen LogP contribution < -0.4 is 34.7 Å². The van der Waals surface area contributed by atoms with E-state index in [9.17, 15) is 0 Å². The summed E-state index contributed by atoms with van der Waals surface area (Å²) in [5.74, 6) is 3.54. The Kier molecular flexibility index (Phi) is 8.27. The first-order chi connectivity index (χ1) is 14.1. The van der Waals surface area contributed by atoms with Crippen LogP contribution in [0.25, 0.3) is 0 Å². The molecule has 158 valence electrons. The van der Waals surface area contributed by atoms with E-state index in [2.05, 4.69) is 10.3 Å². The zero-order valence-corrected chi connectivity index (χ0v) is 17.6. The summed E-state index contributed by atoms with van der Waals surface area (Å²) in [6.07, 6.45) is 0.677. The lowest BCUT2D eigenvalue weighted by atomic mass is 10.1. The highest BCUT2D eigenvalue weighted by Gasteiger charge is 2.15. The van der Waals surface area contributed by atoms with E-state index in [-0.39, 0.29) is 0 Å². The topological polar surface area (TPSA) is 96.6 Å². The molecule has 2 rings (SSSR count). The fraction of sp³-hybridized carbons (Fsp3) is 0.381. The number of guanidine groups is 1. The van der Waals surface area contributed by atoms with Crippen molar-refractivity contribution in [2.24, 2.45) is 10.7 Å². The summed E-state index contributed by atoms with van der Waals surface area (Å²) in [5.41, 5.74) is 7.94. The molecule has 8 nitrogen and oxygen atoms in total. The molecule has 8 heteroatoms. The van der Waals surface area contributed by atoms with Gasteiger partial charge in [0.25, 0.3) is 0 Å². The highest BCUT2D eigenvalue weighted by Crippen LogP contribution is 2.39. The van der Waals surface area contributed by atoms with E-state index in [1.165, 1.54) is 0 Å². The van der Waals surface area contributed by atoms with Crippen molar-refractivity contribution in [2.75, 3.05) is 42.1 Å². The number of hydrogen-bond donors (Lipinski definition) is 2. The monoisotopic (exact) mass is 403 g/mol. The van der Waals surface area contributed by atoms with Crippen molar-refractivity contribution < 1.29 is 23.7 Å². The lowest BCUT2D eigenvalue weighted by Crippen LogP contribution is -2.33. The van der Waals surface area contributed by atoms with Gasteiger partial charge in [0.15, 0.2) is 29.0 Å². The van der Waals surface area contributed by atoms with Gasteiger partial charge >= 0.3 is 0 Å². The summed E-state index contributed by atoms with van der Waals surface area (Å²) in [6.45, 7) is 1.02. The Hall–Kier alpha value is -3.29. The normalized spacial score (nSPS) is 11.0. The largest absolute Gasteiger partial charge is 0.493 e. The number of rotatable bonds is 10. The van der Waals surface area contributed by atoms with E-state index in [0.29, 0.717) is 54.2 Å². The molecule has 0 radical (unpaired) electrons. The molecule has 0 heterocycles. The van der Waals surface area contributed by atoms with Gasteiger partial charge in [0.2, 0.25) is 5.75 Å². The molecule has 0 amide bonds. The highest BCUT2D eigenvalue weighted by atomic mass is 16.5. The summed E-state index contributed by atoms with van der Waals surface area (Å²) >= 11 is 0. The second kappa shape index (κ2) is 10.9. The van der Waals surface area contributed by atoms with Gasteiger partial charge in [0.05, 0.1) is 42.1 Å². The van der Waals surface area contributed by atoms with Crippen molar-refractivity contribution in [3.8, 4) is 28.7 Å². The molecule has 29 heavy (non-hydrogen) atoms. The van der Waals surface area contributed by atoms with E-state index in [1.54, 1.807) is 35.5 Å². The number of hydrogen-bond acceptors (Lipinski definition) is 6. The SMILES string of the molecule is COc1ccc(CN=C(N)NCCc2ccc(OC)c(OC)c2OC)cc1OC. The molecule has 0 aliphatic rings. The van der Waals surface area contributed by atoms with Crippen LogP contribution in [0.1, 0.15) is 11.1 Å². The van der Waals surface area contributed by atoms with Gasteiger partial charge in [-0.2, -0.15) is 0 Å². The van der Waals surface area contributed by atoms with E-state index in [0.717, 1.165) is 11.1 Å². The van der Waals surface area contributed by atoms with Crippen molar-refractivity contribution in [3.63, 3.8) is 0 Å². The summed E-state index contributed by atoms with van der Waals surface area (Å²) < 4.78 is 26.8. The molecule has 0 aliphatic heterocycles. The fourth-order valence-electron chi connectivity index (χ4n) is 2.90. The third kappa shape index (κ3) is 5.60. The minimum Gasteiger partial charge on any atom is -0.493 e. The summed E-state index contributed by atoms with van der Waals surface area (Å²) in [4.78, 5) is 4.37. The van der Waals surface area contributed by atoms with Crippen LogP contribution in [0.4, 0.5) is 0 Å². The molecule has 0 saturated carbocycles. The molecule has 2 aromatic carbocycles. The van der Waals surface area contributed by atoms with E-state index >= 15 is 0 Å². The van der Waals surface area contributed by atoms with Gasteiger partial charge in [-0.05, 0) is 30.2 Å². The van der Waals surface area contributed by atoms with Crippen LogP contribution in [0.15, 0.2) is 35.3 Å². The fourth-order valence-corrected chi connectivity index (χ4v) is 2.90. The minimum absolute atomic E-state index is 0.360. The van der Waals surface area contributed by atoms with Crippen LogP contribution in [0.5, 0.6) is 28.7 Å². The molecule has 0 saturated heterocycles. The van der Waals surface area contributed by atoms with Crippen molar-refractivity contribution in [1.82, 2.24) is 5.32 Å². The molecule has 0 atom stereocenters. The number of nitrogens with two attached hydrogens (primary N) is 1. The second-order valence-corrected chi connectivity index (χ2v) is 6.06. The minimum atomic E-state index is 0.360. The number of nitrogens with one attached hydrogen (secondary N) is 1. The Morgan fingerprint density at radius 1 is 0.828 bits per heavy atom. The quantitative estimate of drug-likeness (QED) is 0.464. The van der Waals surface area contributed by atoms with Crippen LogP contribution in [0.2, 0.25) is 0 Å². The lowest BCUT2D eigenvalue weighted by molar-refractivity contribution is 0.322. The van der Waals surface area contributed by atoms with Crippen molar-refractivity contribution in [3.05, 3.63) is 41.5 Å². The number of nitrogens with zero attached hydrogens (tertiary/aromatic N) is 1. The zero-order chi connectivity index (χ0) is 21.2. The molecule has 0 bridgehead atoms. The van der Waals surface area contributed by atoms with E-state index in [1.807, 2.05) is 30.3 Å². The van der Waals surface area contributed by atoms with Crippen LogP contribution in [0, 0.1) is 0 Å².